The van der Waals surface area contributed by atoms with Crippen LogP contribution in [0.5, 0.6) is 0 Å². The third-order valence-electron chi connectivity index (χ3n) is 3.72. The van der Waals surface area contributed by atoms with Crippen molar-refractivity contribution in [1.29, 1.82) is 0 Å². The van der Waals surface area contributed by atoms with Crippen molar-refractivity contribution in [2.75, 3.05) is 6.54 Å². The molecule has 4 N–H and O–H groups in total. The first-order valence-corrected chi connectivity index (χ1v) is 6.49. The highest BCUT2D eigenvalue weighted by Gasteiger charge is 2.16. The molecule has 98 valence electrons. The van der Waals surface area contributed by atoms with Crippen molar-refractivity contribution in [3.8, 4) is 0 Å². The summed E-state index contributed by atoms with van der Waals surface area (Å²) < 4.78 is 0. The molecule has 0 heterocycles. The van der Waals surface area contributed by atoms with Gasteiger partial charge in [0.1, 0.15) is 0 Å². The fourth-order valence-electron chi connectivity index (χ4n) is 2.22. The number of benzene rings is 1. The zero-order chi connectivity index (χ0) is 13.0. The van der Waals surface area contributed by atoms with Crippen LogP contribution in [-0.4, -0.2) is 17.6 Å². The van der Waals surface area contributed by atoms with Crippen molar-refractivity contribution in [3.05, 3.63) is 34.9 Å². The minimum absolute atomic E-state index is 0.159. The van der Waals surface area contributed by atoms with Crippen LogP contribution >= 0.6 is 0 Å². The zero-order valence-corrected chi connectivity index (χ0v) is 10.8. The Bertz CT molecular complexity index is 439. The van der Waals surface area contributed by atoms with Crippen LogP contribution in [0, 0.1) is 12.8 Å². The molecule has 1 aliphatic rings. The minimum Gasteiger partial charge on any atom is -0.409 e. The van der Waals surface area contributed by atoms with Crippen molar-refractivity contribution in [2.45, 2.75) is 32.7 Å². The average Bonchev–Trinajstić information content (AvgIpc) is 2.32. The number of oxime groups is 1. The highest BCUT2D eigenvalue weighted by molar-refractivity contribution is 5.97. The summed E-state index contributed by atoms with van der Waals surface area (Å²) in [5.41, 5.74) is 8.76. The second kappa shape index (κ2) is 5.87. The third kappa shape index (κ3) is 3.01. The molecular formula is C14H21N3O. The molecule has 18 heavy (non-hydrogen) atoms. The number of amidine groups is 1. The van der Waals surface area contributed by atoms with Gasteiger partial charge in [0.05, 0.1) is 0 Å². The Labute approximate surface area is 108 Å². The summed E-state index contributed by atoms with van der Waals surface area (Å²) in [4.78, 5) is 0. The maximum absolute atomic E-state index is 8.64. The molecular weight excluding hydrogens is 226 g/mol. The molecule has 0 bridgehead atoms. The first kappa shape index (κ1) is 12.9. The maximum atomic E-state index is 8.64. The quantitative estimate of drug-likeness (QED) is 0.322. The van der Waals surface area contributed by atoms with Gasteiger partial charge in [0.25, 0.3) is 0 Å². The molecule has 0 spiro atoms. The molecule has 0 aromatic heterocycles. The van der Waals surface area contributed by atoms with E-state index in [1.54, 1.807) is 0 Å². The fourth-order valence-corrected chi connectivity index (χ4v) is 2.22. The summed E-state index contributed by atoms with van der Waals surface area (Å²) in [7, 11) is 0. The molecule has 1 fully saturated rings. The van der Waals surface area contributed by atoms with Gasteiger partial charge < -0.3 is 16.3 Å². The van der Waals surface area contributed by atoms with Crippen LogP contribution in [0.2, 0.25) is 0 Å². The first-order chi connectivity index (χ1) is 8.70. The van der Waals surface area contributed by atoms with E-state index in [-0.39, 0.29) is 5.84 Å². The summed E-state index contributed by atoms with van der Waals surface area (Å²) in [6.45, 7) is 4.05. The van der Waals surface area contributed by atoms with E-state index >= 15 is 0 Å². The van der Waals surface area contributed by atoms with Crippen LogP contribution in [0.4, 0.5) is 0 Å². The summed E-state index contributed by atoms with van der Waals surface area (Å²) >= 11 is 0. The van der Waals surface area contributed by atoms with Crippen molar-refractivity contribution in [2.24, 2.45) is 16.8 Å². The predicted octanol–water partition coefficient (Wildman–Crippen LogP) is 1.98. The van der Waals surface area contributed by atoms with Crippen molar-refractivity contribution in [3.63, 3.8) is 0 Å². The number of nitrogens with two attached hydrogens (primary N) is 1. The van der Waals surface area contributed by atoms with Crippen LogP contribution < -0.4 is 11.1 Å². The summed E-state index contributed by atoms with van der Waals surface area (Å²) in [6.07, 6.45) is 4.13. The number of nitrogens with one attached hydrogen (secondary N) is 1. The maximum Gasteiger partial charge on any atom is 0.170 e. The van der Waals surface area contributed by atoms with E-state index in [1.165, 1.54) is 30.4 Å². The standard InChI is InChI=1S/C14H21N3O/c1-10-7-12(14(15)17-18)5-6-13(10)9-16-8-11-3-2-4-11/h5-7,11,16,18H,2-4,8-9H2,1H3,(H2,15,17). The van der Waals surface area contributed by atoms with Crippen LogP contribution in [0.15, 0.2) is 23.4 Å². The molecule has 0 radical (unpaired) electrons. The van der Waals surface area contributed by atoms with Gasteiger partial charge in [0, 0.05) is 12.1 Å². The van der Waals surface area contributed by atoms with E-state index in [1.807, 2.05) is 18.2 Å². The lowest BCUT2D eigenvalue weighted by Crippen LogP contribution is -2.27. The Balaban J connectivity index is 1.92. The van der Waals surface area contributed by atoms with E-state index in [2.05, 4.69) is 17.4 Å². The number of aryl methyl sites for hydroxylation is 1. The van der Waals surface area contributed by atoms with E-state index in [0.717, 1.165) is 24.6 Å². The van der Waals surface area contributed by atoms with Gasteiger partial charge in [-0.15, -0.1) is 0 Å². The molecule has 0 saturated heterocycles. The molecule has 1 aromatic carbocycles. The number of hydrogen-bond acceptors (Lipinski definition) is 3. The van der Waals surface area contributed by atoms with E-state index in [4.69, 9.17) is 10.9 Å². The van der Waals surface area contributed by atoms with Crippen molar-refractivity contribution in [1.82, 2.24) is 5.32 Å². The molecule has 0 aliphatic heterocycles. The fraction of sp³-hybridized carbons (Fsp3) is 0.500. The topological polar surface area (TPSA) is 70.6 Å². The molecule has 1 aliphatic carbocycles. The summed E-state index contributed by atoms with van der Waals surface area (Å²) in [5.74, 6) is 1.04. The molecule has 4 heteroatoms. The SMILES string of the molecule is Cc1cc(/C(N)=N/O)ccc1CNCC1CCC1. The molecule has 1 aromatic rings. The monoisotopic (exact) mass is 247 g/mol. The predicted molar refractivity (Wildman–Crippen MR) is 72.7 cm³/mol. The van der Waals surface area contributed by atoms with Gasteiger partial charge in [-0.25, -0.2) is 0 Å². The number of hydrogen-bond donors (Lipinski definition) is 3. The van der Waals surface area contributed by atoms with Crippen molar-refractivity contribution < 1.29 is 5.21 Å². The molecule has 4 nitrogen and oxygen atoms in total. The van der Waals surface area contributed by atoms with Gasteiger partial charge in [-0.3, -0.25) is 0 Å². The lowest BCUT2D eigenvalue weighted by molar-refractivity contribution is 0.301. The number of nitrogens with zero attached hydrogens (tertiary/aromatic N) is 1. The Hall–Kier alpha value is -1.55. The summed E-state index contributed by atoms with van der Waals surface area (Å²) in [6, 6.07) is 5.88. The Morgan fingerprint density at radius 1 is 1.50 bits per heavy atom. The third-order valence-corrected chi connectivity index (χ3v) is 3.72. The van der Waals surface area contributed by atoms with Gasteiger partial charge >= 0.3 is 0 Å². The normalized spacial score (nSPS) is 16.6. The molecule has 0 atom stereocenters. The molecule has 0 amide bonds. The van der Waals surface area contributed by atoms with Crippen LogP contribution in [0.1, 0.15) is 36.0 Å². The second-order valence-corrected chi connectivity index (χ2v) is 5.05. The highest BCUT2D eigenvalue weighted by Crippen LogP contribution is 2.25. The lowest BCUT2D eigenvalue weighted by atomic mass is 9.85. The lowest BCUT2D eigenvalue weighted by Gasteiger charge is -2.25. The highest BCUT2D eigenvalue weighted by atomic mass is 16.4. The first-order valence-electron chi connectivity index (χ1n) is 6.49. The van der Waals surface area contributed by atoms with E-state index in [9.17, 15) is 0 Å². The van der Waals surface area contributed by atoms with Crippen LogP contribution in [-0.2, 0) is 6.54 Å². The Morgan fingerprint density at radius 3 is 2.83 bits per heavy atom. The minimum atomic E-state index is 0.159. The largest absolute Gasteiger partial charge is 0.409 e. The van der Waals surface area contributed by atoms with Gasteiger partial charge in [-0.1, -0.05) is 23.7 Å². The zero-order valence-electron chi connectivity index (χ0n) is 10.8. The van der Waals surface area contributed by atoms with Crippen LogP contribution in [0.25, 0.3) is 0 Å². The van der Waals surface area contributed by atoms with Crippen LogP contribution in [0.3, 0.4) is 0 Å². The molecule has 0 unspecified atom stereocenters. The molecule has 1 saturated carbocycles. The Kier molecular flexibility index (Phi) is 4.20. The molecule has 2 rings (SSSR count). The van der Waals surface area contributed by atoms with Gasteiger partial charge in [-0.05, 0) is 49.4 Å². The Morgan fingerprint density at radius 2 is 2.28 bits per heavy atom. The van der Waals surface area contributed by atoms with Gasteiger partial charge in [-0.2, -0.15) is 0 Å². The smallest absolute Gasteiger partial charge is 0.170 e. The van der Waals surface area contributed by atoms with E-state index < -0.39 is 0 Å². The number of rotatable bonds is 5. The van der Waals surface area contributed by atoms with Crippen molar-refractivity contribution >= 4 is 5.84 Å². The average molecular weight is 247 g/mol. The van der Waals surface area contributed by atoms with Gasteiger partial charge in [0.15, 0.2) is 5.84 Å². The van der Waals surface area contributed by atoms with Gasteiger partial charge in [0.2, 0.25) is 0 Å². The van der Waals surface area contributed by atoms with E-state index in [0.29, 0.717) is 0 Å². The second-order valence-electron chi connectivity index (χ2n) is 5.05. The summed E-state index contributed by atoms with van der Waals surface area (Å²) in [5, 5.41) is 15.1.